The molecule has 2 rings (SSSR count). The van der Waals surface area contributed by atoms with Crippen LogP contribution < -0.4 is 5.73 Å². The molecule has 1 aromatic heterocycles. The Bertz CT molecular complexity index is 311. The molecule has 0 saturated carbocycles. The van der Waals surface area contributed by atoms with Crippen molar-refractivity contribution in [1.82, 2.24) is 4.98 Å². The summed E-state index contributed by atoms with van der Waals surface area (Å²) in [5.41, 5.74) is 7.11. The molecule has 1 aliphatic carbocycles. The molecular weight excluding hydrogens is 196 g/mol. The zero-order chi connectivity index (χ0) is 9.97. The molecule has 0 radical (unpaired) electrons. The summed E-state index contributed by atoms with van der Waals surface area (Å²) in [4.78, 5) is 5.91. The standard InChI is InChI=1S/C10H16N2OS/c1-2-13-6-9-12-10-7(11)4-3-5-8(10)14-9/h7H,2-6,11H2,1H3. The maximum Gasteiger partial charge on any atom is 0.119 e. The van der Waals surface area contributed by atoms with Crippen molar-refractivity contribution in [2.45, 2.75) is 38.8 Å². The lowest BCUT2D eigenvalue weighted by Gasteiger charge is -2.15. The highest BCUT2D eigenvalue weighted by molar-refractivity contribution is 7.11. The van der Waals surface area contributed by atoms with Crippen LogP contribution in [0.15, 0.2) is 0 Å². The van der Waals surface area contributed by atoms with Gasteiger partial charge in [0.1, 0.15) is 5.01 Å². The second kappa shape index (κ2) is 4.38. The van der Waals surface area contributed by atoms with Crippen molar-refractivity contribution in [2.24, 2.45) is 5.73 Å². The summed E-state index contributed by atoms with van der Waals surface area (Å²) in [6.07, 6.45) is 3.42. The monoisotopic (exact) mass is 212 g/mol. The first-order valence-corrected chi connectivity index (χ1v) is 5.94. The minimum absolute atomic E-state index is 0.158. The molecule has 4 heteroatoms. The van der Waals surface area contributed by atoms with Gasteiger partial charge in [0.15, 0.2) is 0 Å². The molecule has 0 amide bonds. The van der Waals surface area contributed by atoms with E-state index in [1.165, 1.54) is 11.3 Å². The Balaban J connectivity index is 2.13. The highest BCUT2D eigenvalue weighted by Crippen LogP contribution is 2.31. The lowest BCUT2D eigenvalue weighted by atomic mass is 9.99. The highest BCUT2D eigenvalue weighted by atomic mass is 32.1. The third-order valence-corrected chi connectivity index (χ3v) is 3.58. The Hall–Kier alpha value is -0.450. The second-order valence-electron chi connectivity index (χ2n) is 3.55. The number of hydrogen-bond acceptors (Lipinski definition) is 4. The number of nitrogens with two attached hydrogens (primary N) is 1. The molecule has 0 saturated heterocycles. The maximum atomic E-state index is 5.99. The molecule has 1 atom stereocenters. The molecule has 1 aromatic rings. The SMILES string of the molecule is CCOCc1nc2c(s1)CCCC2N. The van der Waals surface area contributed by atoms with Crippen molar-refractivity contribution in [3.8, 4) is 0 Å². The maximum absolute atomic E-state index is 5.99. The number of ether oxygens (including phenoxy) is 1. The minimum atomic E-state index is 0.158. The van der Waals surface area contributed by atoms with Crippen LogP contribution >= 0.6 is 11.3 Å². The van der Waals surface area contributed by atoms with Crippen LogP contribution in [0, 0.1) is 0 Å². The van der Waals surface area contributed by atoms with Gasteiger partial charge in [-0.2, -0.15) is 0 Å². The molecule has 0 bridgehead atoms. The fourth-order valence-corrected chi connectivity index (χ4v) is 2.87. The van der Waals surface area contributed by atoms with Crippen LogP contribution in [0.5, 0.6) is 0 Å². The molecule has 0 aromatic carbocycles. The summed E-state index contributed by atoms with van der Waals surface area (Å²) in [7, 11) is 0. The summed E-state index contributed by atoms with van der Waals surface area (Å²) in [5, 5.41) is 1.08. The van der Waals surface area contributed by atoms with Gasteiger partial charge in [-0.15, -0.1) is 11.3 Å². The average molecular weight is 212 g/mol. The average Bonchev–Trinajstić information content (AvgIpc) is 2.59. The van der Waals surface area contributed by atoms with E-state index in [2.05, 4.69) is 4.98 Å². The smallest absolute Gasteiger partial charge is 0.119 e. The molecule has 78 valence electrons. The molecule has 14 heavy (non-hydrogen) atoms. The van der Waals surface area contributed by atoms with Gasteiger partial charge in [-0.25, -0.2) is 4.98 Å². The summed E-state index contributed by atoms with van der Waals surface area (Å²) < 4.78 is 5.34. The number of aromatic nitrogens is 1. The van der Waals surface area contributed by atoms with E-state index >= 15 is 0 Å². The van der Waals surface area contributed by atoms with Crippen LogP contribution in [0.2, 0.25) is 0 Å². The lowest BCUT2D eigenvalue weighted by Crippen LogP contribution is -2.16. The molecular formula is C10H16N2OS. The van der Waals surface area contributed by atoms with E-state index in [1.807, 2.05) is 6.92 Å². The van der Waals surface area contributed by atoms with Gasteiger partial charge >= 0.3 is 0 Å². The van der Waals surface area contributed by atoms with E-state index in [-0.39, 0.29) is 6.04 Å². The molecule has 3 nitrogen and oxygen atoms in total. The van der Waals surface area contributed by atoms with E-state index in [1.54, 1.807) is 11.3 Å². The Morgan fingerprint density at radius 2 is 2.50 bits per heavy atom. The van der Waals surface area contributed by atoms with E-state index in [0.29, 0.717) is 6.61 Å². The van der Waals surface area contributed by atoms with Crippen molar-refractivity contribution in [2.75, 3.05) is 6.61 Å². The molecule has 1 aliphatic rings. The molecule has 1 heterocycles. The van der Waals surface area contributed by atoms with Crippen LogP contribution in [-0.2, 0) is 17.8 Å². The Morgan fingerprint density at radius 3 is 3.21 bits per heavy atom. The number of aryl methyl sites for hydroxylation is 1. The van der Waals surface area contributed by atoms with Crippen LogP contribution in [0.25, 0.3) is 0 Å². The van der Waals surface area contributed by atoms with Gasteiger partial charge in [0.25, 0.3) is 0 Å². The third-order valence-electron chi connectivity index (χ3n) is 2.47. The van der Waals surface area contributed by atoms with Crippen molar-refractivity contribution < 1.29 is 4.74 Å². The fraction of sp³-hybridized carbons (Fsp3) is 0.700. The summed E-state index contributed by atoms with van der Waals surface area (Å²) in [6.45, 7) is 3.39. The Labute approximate surface area is 88.3 Å². The van der Waals surface area contributed by atoms with Gasteiger partial charge in [-0.3, -0.25) is 0 Å². The number of thiazole rings is 1. The second-order valence-corrected chi connectivity index (χ2v) is 4.72. The van der Waals surface area contributed by atoms with Crippen LogP contribution in [0.1, 0.15) is 41.4 Å². The Kier molecular flexibility index (Phi) is 3.15. The van der Waals surface area contributed by atoms with Crippen LogP contribution in [0.4, 0.5) is 0 Å². The Morgan fingerprint density at radius 1 is 1.64 bits per heavy atom. The highest BCUT2D eigenvalue weighted by Gasteiger charge is 2.21. The van der Waals surface area contributed by atoms with Crippen molar-refractivity contribution in [3.05, 3.63) is 15.6 Å². The summed E-state index contributed by atoms with van der Waals surface area (Å²) in [6, 6.07) is 0.158. The predicted octanol–water partition coefficient (Wildman–Crippen LogP) is 2.02. The molecule has 1 unspecified atom stereocenters. The zero-order valence-electron chi connectivity index (χ0n) is 8.45. The first-order chi connectivity index (χ1) is 6.81. The predicted molar refractivity (Wildman–Crippen MR) is 57.3 cm³/mol. The zero-order valence-corrected chi connectivity index (χ0v) is 9.27. The van der Waals surface area contributed by atoms with Gasteiger partial charge in [0, 0.05) is 17.5 Å². The first-order valence-electron chi connectivity index (χ1n) is 5.13. The quantitative estimate of drug-likeness (QED) is 0.833. The number of nitrogens with zero attached hydrogens (tertiary/aromatic N) is 1. The molecule has 0 aliphatic heterocycles. The van der Waals surface area contributed by atoms with Crippen LogP contribution in [0.3, 0.4) is 0 Å². The normalized spacial score (nSPS) is 20.9. The van der Waals surface area contributed by atoms with Gasteiger partial charge in [-0.1, -0.05) is 0 Å². The van der Waals surface area contributed by atoms with E-state index < -0.39 is 0 Å². The van der Waals surface area contributed by atoms with Gasteiger partial charge in [0.05, 0.1) is 12.3 Å². The fourth-order valence-electron chi connectivity index (χ4n) is 1.75. The summed E-state index contributed by atoms with van der Waals surface area (Å²) in [5.74, 6) is 0. The first kappa shape index (κ1) is 10.1. The van der Waals surface area contributed by atoms with Gasteiger partial charge < -0.3 is 10.5 Å². The number of fused-ring (bicyclic) bond motifs is 1. The topological polar surface area (TPSA) is 48.1 Å². The van der Waals surface area contributed by atoms with Gasteiger partial charge in [-0.05, 0) is 26.2 Å². The molecule has 0 fully saturated rings. The largest absolute Gasteiger partial charge is 0.375 e. The summed E-state index contributed by atoms with van der Waals surface area (Å²) >= 11 is 1.76. The van der Waals surface area contributed by atoms with Crippen LogP contribution in [-0.4, -0.2) is 11.6 Å². The third kappa shape index (κ3) is 1.97. The van der Waals surface area contributed by atoms with Crippen molar-refractivity contribution in [1.29, 1.82) is 0 Å². The van der Waals surface area contributed by atoms with Crippen molar-refractivity contribution >= 4 is 11.3 Å². The lowest BCUT2D eigenvalue weighted by molar-refractivity contribution is 0.133. The minimum Gasteiger partial charge on any atom is -0.375 e. The number of rotatable bonds is 3. The van der Waals surface area contributed by atoms with E-state index in [4.69, 9.17) is 10.5 Å². The van der Waals surface area contributed by atoms with Gasteiger partial charge in [0.2, 0.25) is 0 Å². The van der Waals surface area contributed by atoms with E-state index in [0.717, 1.165) is 30.2 Å². The number of hydrogen-bond donors (Lipinski definition) is 1. The van der Waals surface area contributed by atoms with E-state index in [9.17, 15) is 0 Å². The molecule has 2 N–H and O–H groups in total. The molecule has 0 spiro atoms. The van der Waals surface area contributed by atoms with Crippen molar-refractivity contribution in [3.63, 3.8) is 0 Å².